The highest BCUT2D eigenvalue weighted by atomic mass is 32.1. The number of amides is 1. The molecule has 0 radical (unpaired) electrons. The van der Waals surface area contributed by atoms with E-state index in [9.17, 15) is 4.79 Å². The molecule has 1 amide bonds. The zero-order valence-electron chi connectivity index (χ0n) is 10.4. The number of anilines is 1. The molecule has 0 aromatic carbocycles. The average molecular weight is 265 g/mol. The second kappa shape index (κ2) is 4.87. The minimum atomic E-state index is -0.245. The van der Waals surface area contributed by atoms with Crippen molar-refractivity contribution in [2.24, 2.45) is 5.73 Å². The summed E-state index contributed by atoms with van der Waals surface area (Å²) in [6, 6.07) is -0.158. The Bertz CT molecular complexity index is 552. The number of rotatable bonds is 3. The van der Waals surface area contributed by atoms with Gasteiger partial charge in [-0.25, -0.2) is 4.98 Å². The van der Waals surface area contributed by atoms with E-state index in [0.29, 0.717) is 11.4 Å². The van der Waals surface area contributed by atoms with E-state index in [4.69, 9.17) is 5.73 Å². The number of aromatic amines is 1. The Morgan fingerprint density at radius 2 is 2.28 bits per heavy atom. The highest BCUT2D eigenvalue weighted by molar-refractivity contribution is 7.09. The number of nitrogens with one attached hydrogen (secondary N) is 2. The van der Waals surface area contributed by atoms with Crippen LogP contribution in [0.15, 0.2) is 5.38 Å². The standard InChI is InChI=1S/C11H15N5OS/c1-5(12)11-13-8(4-18-11)10(17)14-9-6(2)15-16-7(9)3/h4-5H,12H2,1-3H3,(H,14,17)(H,15,16). The van der Waals surface area contributed by atoms with Crippen LogP contribution in [0.2, 0.25) is 0 Å². The van der Waals surface area contributed by atoms with Gasteiger partial charge in [0.15, 0.2) is 0 Å². The molecule has 0 saturated carbocycles. The molecule has 1 unspecified atom stereocenters. The Hall–Kier alpha value is -1.73. The first-order valence-corrected chi connectivity index (χ1v) is 6.41. The molecule has 0 aliphatic rings. The van der Waals surface area contributed by atoms with Gasteiger partial charge in [0.25, 0.3) is 5.91 Å². The molecule has 2 rings (SSSR count). The molecule has 6 nitrogen and oxygen atoms in total. The van der Waals surface area contributed by atoms with Gasteiger partial charge in [0.1, 0.15) is 10.7 Å². The van der Waals surface area contributed by atoms with Crippen molar-refractivity contribution in [1.29, 1.82) is 0 Å². The Balaban J connectivity index is 2.17. The first-order chi connectivity index (χ1) is 8.49. The van der Waals surface area contributed by atoms with Gasteiger partial charge in [0, 0.05) is 5.38 Å². The van der Waals surface area contributed by atoms with E-state index in [1.54, 1.807) is 5.38 Å². The Morgan fingerprint density at radius 3 is 2.78 bits per heavy atom. The molecule has 2 aromatic heterocycles. The summed E-state index contributed by atoms with van der Waals surface area (Å²) in [5.41, 5.74) is 8.37. The minimum absolute atomic E-state index is 0.158. The van der Waals surface area contributed by atoms with Gasteiger partial charge in [-0.3, -0.25) is 9.89 Å². The number of carbonyl (C=O) groups excluding carboxylic acids is 1. The molecule has 2 aromatic rings. The van der Waals surface area contributed by atoms with Crippen LogP contribution in [0.3, 0.4) is 0 Å². The smallest absolute Gasteiger partial charge is 0.275 e. The highest BCUT2D eigenvalue weighted by Gasteiger charge is 2.15. The fourth-order valence-corrected chi connectivity index (χ4v) is 2.27. The monoisotopic (exact) mass is 265 g/mol. The van der Waals surface area contributed by atoms with Gasteiger partial charge in [-0.15, -0.1) is 11.3 Å². The maximum atomic E-state index is 12.0. The molecule has 2 heterocycles. The quantitative estimate of drug-likeness (QED) is 0.787. The molecule has 0 aliphatic heterocycles. The SMILES string of the molecule is Cc1n[nH]c(C)c1NC(=O)c1csc(C(C)N)n1. The molecule has 18 heavy (non-hydrogen) atoms. The third-order valence-electron chi connectivity index (χ3n) is 2.51. The zero-order valence-corrected chi connectivity index (χ0v) is 11.3. The van der Waals surface area contributed by atoms with Gasteiger partial charge in [-0.2, -0.15) is 5.10 Å². The van der Waals surface area contributed by atoms with Crippen LogP contribution in [0.4, 0.5) is 5.69 Å². The van der Waals surface area contributed by atoms with E-state index in [1.165, 1.54) is 11.3 Å². The maximum absolute atomic E-state index is 12.0. The Kier molecular flexibility index (Phi) is 3.44. The number of nitrogens with two attached hydrogens (primary N) is 1. The van der Waals surface area contributed by atoms with Crippen molar-refractivity contribution in [2.45, 2.75) is 26.8 Å². The van der Waals surface area contributed by atoms with E-state index in [1.807, 2.05) is 20.8 Å². The Labute approximate surface area is 109 Å². The number of nitrogens with zero attached hydrogens (tertiary/aromatic N) is 2. The highest BCUT2D eigenvalue weighted by Crippen LogP contribution is 2.19. The predicted molar refractivity (Wildman–Crippen MR) is 70.7 cm³/mol. The summed E-state index contributed by atoms with van der Waals surface area (Å²) in [5.74, 6) is -0.245. The molecule has 1 atom stereocenters. The summed E-state index contributed by atoms with van der Waals surface area (Å²) in [4.78, 5) is 16.2. The number of carbonyl (C=O) groups is 1. The lowest BCUT2D eigenvalue weighted by atomic mass is 10.3. The predicted octanol–water partition coefficient (Wildman–Crippen LogP) is 1.76. The van der Waals surface area contributed by atoms with Gasteiger partial charge in [0.05, 0.1) is 23.1 Å². The summed E-state index contributed by atoms with van der Waals surface area (Å²) in [5, 5.41) is 12.1. The van der Waals surface area contributed by atoms with Gasteiger partial charge in [0.2, 0.25) is 0 Å². The lowest BCUT2D eigenvalue weighted by Crippen LogP contribution is -2.14. The van der Waals surface area contributed by atoms with Crippen molar-refractivity contribution in [1.82, 2.24) is 15.2 Å². The van der Waals surface area contributed by atoms with Gasteiger partial charge >= 0.3 is 0 Å². The normalized spacial score (nSPS) is 12.4. The van der Waals surface area contributed by atoms with Gasteiger partial charge in [-0.1, -0.05) is 0 Å². The molecule has 0 saturated heterocycles. The molecular weight excluding hydrogens is 250 g/mol. The van der Waals surface area contributed by atoms with E-state index < -0.39 is 0 Å². The van der Waals surface area contributed by atoms with Crippen LogP contribution >= 0.6 is 11.3 Å². The van der Waals surface area contributed by atoms with Crippen molar-refractivity contribution in [3.05, 3.63) is 27.5 Å². The second-order valence-electron chi connectivity index (χ2n) is 4.12. The van der Waals surface area contributed by atoms with Crippen molar-refractivity contribution in [3.63, 3.8) is 0 Å². The molecule has 4 N–H and O–H groups in total. The third kappa shape index (κ3) is 2.41. The van der Waals surface area contributed by atoms with Crippen LogP contribution in [-0.4, -0.2) is 21.1 Å². The molecular formula is C11H15N5OS. The minimum Gasteiger partial charge on any atom is -0.322 e. The van der Waals surface area contributed by atoms with Crippen LogP contribution in [-0.2, 0) is 0 Å². The third-order valence-corrected chi connectivity index (χ3v) is 3.56. The summed E-state index contributed by atoms with van der Waals surface area (Å²) >= 11 is 1.39. The first kappa shape index (κ1) is 12.7. The van der Waals surface area contributed by atoms with Gasteiger partial charge < -0.3 is 11.1 Å². The summed E-state index contributed by atoms with van der Waals surface area (Å²) in [7, 11) is 0. The number of aryl methyl sites for hydroxylation is 2. The number of hydrogen-bond donors (Lipinski definition) is 3. The largest absolute Gasteiger partial charge is 0.322 e. The molecule has 0 spiro atoms. The number of hydrogen-bond acceptors (Lipinski definition) is 5. The maximum Gasteiger partial charge on any atom is 0.275 e. The number of aromatic nitrogens is 3. The molecule has 0 aliphatic carbocycles. The second-order valence-corrected chi connectivity index (χ2v) is 5.01. The first-order valence-electron chi connectivity index (χ1n) is 5.53. The lowest BCUT2D eigenvalue weighted by Gasteiger charge is -2.02. The summed E-state index contributed by atoms with van der Waals surface area (Å²) in [6.07, 6.45) is 0. The van der Waals surface area contributed by atoms with E-state index in [-0.39, 0.29) is 11.9 Å². The fraction of sp³-hybridized carbons (Fsp3) is 0.364. The summed E-state index contributed by atoms with van der Waals surface area (Å²) in [6.45, 7) is 5.52. The van der Waals surface area contributed by atoms with Crippen molar-refractivity contribution < 1.29 is 4.79 Å². The van der Waals surface area contributed by atoms with E-state index in [2.05, 4.69) is 20.5 Å². The number of H-pyrrole nitrogens is 1. The topological polar surface area (TPSA) is 96.7 Å². The number of thiazole rings is 1. The molecule has 96 valence electrons. The van der Waals surface area contributed by atoms with E-state index in [0.717, 1.165) is 16.4 Å². The molecule has 7 heteroatoms. The fourth-order valence-electron chi connectivity index (χ4n) is 1.51. The zero-order chi connectivity index (χ0) is 13.3. The van der Waals surface area contributed by atoms with Crippen LogP contribution in [0.5, 0.6) is 0 Å². The average Bonchev–Trinajstić information content (AvgIpc) is 2.91. The van der Waals surface area contributed by atoms with Crippen LogP contribution in [0, 0.1) is 13.8 Å². The van der Waals surface area contributed by atoms with Crippen molar-refractivity contribution >= 4 is 22.9 Å². The molecule has 0 bridgehead atoms. The van der Waals surface area contributed by atoms with Crippen LogP contribution in [0.1, 0.15) is 39.8 Å². The Morgan fingerprint density at radius 1 is 1.56 bits per heavy atom. The summed E-state index contributed by atoms with van der Waals surface area (Å²) < 4.78 is 0. The van der Waals surface area contributed by atoms with Crippen LogP contribution in [0.25, 0.3) is 0 Å². The molecule has 0 fully saturated rings. The van der Waals surface area contributed by atoms with Crippen molar-refractivity contribution in [3.8, 4) is 0 Å². The van der Waals surface area contributed by atoms with Crippen LogP contribution < -0.4 is 11.1 Å². The van der Waals surface area contributed by atoms with Crippen molar-refractivity contribution in [2.75, 3.05) is 5.32 Å². The lowest BCUT2D eigenvalue weighted by molar-refractivity contribution is 0.102. The van der Waals surface area contributed by atoms with E-state index >= 15 is 0 Å². The van der Waals surface area contributed by atoms with Gasteiger partial charge in [-0.05, 0) is 20.8 Å².